The zero-order valence-corrected chi connectivity index (χ0v) is 12.6. The van der Waals surface area contributed by atoms with Gasteiger partial charge in [0.05, 0.1) is 12.7 Å². The molecule has 0 aromatic heterocycles. The second-order valence-electron chi connectivity index (χ2n) is 6.59. The fourth-order valence-corrected chi connectivity index (χ4v) is 3.93. The maximum Gasteiger partial charge on any atom is 0.222 e. The van der Waals surface area contributed by atoms with Crippen LogP contribution in [0, 0.1) is 5.92 Å². The lowest BCUT2D eigenvalue weighted by atomic mass is 9.84. The molecule has 1 atom stereocenters. The monoisotopic (exact) mass is 280 g/mol. The van der Waals surface area contributed by atoms with Crippen molar-refractivity contribution in [3.05, 3.63) is 0 Å². The van der Waals surface area contributed by atoms with E-state index in [0.29, 0.717) is 12.0 Å². The summed E-state index contributed by atoms with van der Waals surface area (Å²) in [6.07, 6.45) is 9.12. The number of nitrogens with zero attached hydrogens (tertiary/aromatic N) is 2. The number of rotatable bonds is 4. The van der Waals surface area contributed by atoms with E-state index in [1.807, 2.05) is 4.90 Å². The van der Waals surface area contributed by atoms with Crippen molar-refractivity contribution in [3.63, 3.8) is 0 Å². The maximum atomic E-state index is 11.6. The molecule has 3 fully saturated rings. The van der Waals surface area contributed by atoms with Crippen molar-refractivity contribution in [3.8, 4) is 0 Å². The van der Waals surface area contributed by atoms with Gasteiger partial charge >= 0.3 is 0 Å². The molecule has 3 rings (SSSR count). The van der Waals surface area contributed by atoms with E-state index in [9.17, 15) is 4.79 Å². The average Bonchev–Trinajstić information content (AvgIpc) is 2.92. The fourth-order valence-electron chi connectivity index (χ4n) is 3.93. The van der Waals surface area contributed by atoms with E-state index in [1.165, 1.54) is 32.1 Å². The lowest BCUT2D eigenvalue weighted by molar-refractivity contribution is -0.128. The van der Waals surface area contributed by atoms with Gasteiger partial charge in [0.25, 0.3) is 0 Å². The molecule has 114 valence electrons. The molecule has 0 aromatic rings. The normalized spacial score (nSPS) is 30.1. The van der Waals surface area contributed by atoms with Gasteiger partial charge < -0.3 is 9.64 Å². The minimum absolute atomic E-state index is 0.349. The van der Waals surface area contributed by atoms with Crippen molar-refractivity contribution in [1.82, 2.24) is 9.80 Å². The Bertz CT molecular complexity index is 328. The second-order valence-corrected chi connectivity index (χ2v) is 6.59. The third-order valence-corrected chi connectivity index (χ3v) is 5.21. The molecule has 2 heterocycles. The van der Waals surface area contributed by atoms with Crippen molar-refractivity contribution in [2.24, 2.45) is 5.92 Å². The van der Waals surface area contributed by atoms with Crippen LogP contribution in [0.2, 0.25) is 0 Å². The minimum atomic E-state index is 0.349. The highest BCUT2D eigenvalue weighted by atomic mass is 16.5. The molecular formula is C16H28N2O2. The largest absolute Gasteiger partial charge is 0.375 e. The Hall–Kier alpha value is -0.610. The molecular weight excluding hydrogens is 252 g/mol. The number of likely N-dealkylation sites (tertiary alicyclic amines) is 1. The SMILES string of the molecule is O=C1CCCN1CCN1CCO[C@H](C2CCCCC2)C1. The van der Waals surface area contributed by atoms with Gasteiger partial charge in [-0.15, -0.1) is 0 Å². The van der Waals surface area contributed by atoms with E-state index in [0.717, 1.165) is 58.1 Å². The number of carbonyl (C=O) groups excluding carboxylic acids is 1. The molecule has 2 saturated heterocycles. The summed E-state index contributed by atoms with van der Waals surface area (Å²) < 4.78 is 6.02. The van der Waals surface area contributed by atoms with Gasteiger partial charge in [-0.25, -0.2) is 0 Å². The molecule has 0 bridgehead atoms. The predicted octanol–water partition coefficient (Wildman–Crippen LogP) is 1.89. The average molecular weight is 280 g/mol. The van der Waals surface area contributed by atoms with Gasteiger partial charge in [-0.1, -0.05) is 19.3 Å². The van der Waals surface area contributed by atoms with Crippen LogP contribution in [0.4, 0.5) is 0 Å². The first-order chi connectivity index (χ1) is 9.83. The molecule has 4 nitrogen and oxygen atoms in total. The second kappa shape index (κ2) is 6.90. The first-order valence-electron chi connectivity index (χ1n) is 8.44. The Kier molecular flexibility index (Phi) is 4.94. The molecule has 1 aliphatic carbocycles. The van der Waals surface area contributed by atoms with E-state index in [1.54, 1.807) is 0 Å². The number of hydrogen-bond donors (Lipinski definition) is 0. The topological polar surface area (TPSA) is 32.8 Å². The van der Waals surface area contributed by atoms with Crippen LogP contribution in [-0.2, 0) is 9.53 Å². The molecule has 4 heteroatoms. The van der Waals surface area contributed by atoms with Crippen LogP contribution in [0.3, 0.4) is 0 Å². The van der Waals surface area contributed by atoms with Crippen LogP contribution in [0.25, 0.3) is 0 Å². The Morgan fingerprint density at radius 2 is 1.90 bits per heavy atom. The maximum absolute atomic E-state index is 11.6. The quantitative estimate of drug-likeness (QED) is 0.788. The van der Waals surface area contributed by atoms with E-state index in [2.05, 4.69) is 4.90 Å². The lowest BCUT2D eigenvalue weighted by Crippen LogP contribution is -2.48. The minimum Gasteiger partial charge on any atom is -0.375 e. The fraction of sp³-hybridized carbons (Fsp3) is 0.938. The molecule has 0 radical (unpaired) electrons. The number of morpholine rings is 1. The highest BCUT2D eigenvalue weighted by molar-refractivity contribution is 5.78. The van der Waals surface area contributed by atoms with E-state index in [4.69, 9.17) is 4.74 Å². The summed E-state index contributed by atoms with van der Waals surface area (Å²) in [5.74, 6) is 1.13. The standard InChI is InChI=1S/C16H28N2O2/c19-16-7-4-8-18(16)10-9-17-11-12-20-15(13-17)14-5-2-1-3-6-14/h14-15H,1-13H2/t15-/m0/s1. The van der Waals surface area contributed by atoms with Gasteiger partial charge in [0, 0.05) is 39.1 Å². The van der Waals surface area contributed by atoms with Gasteiger partial charge in [0.1, 0.15) is 0 Å². The van der Waals surface area contributed by atoms with Gasteiger partial charge in [0.15, 0.2) is 0 Å². The predicted molar refractivity (Wildman–Crippen MR) is 78.6 cm³/mol. The van der Waals surface area contributed by atoms with Crippen LogP contribution < -0.4 is 0 Å². The summed E-state index contributed by atoms with van der Waals surface area (Å²) >= 11 is 0. The molecule has 2 aliphatic heterocycles. The number of carbonyl (C=O) groups is 1. The summed E-state index contributed by atoms with van der Waals surface area (Å²) in [5.41, 5.74) is 0. The zero-order chi connectivity index (χ0) is 13.8. The first-order valence-corrected chi connectivity index (χ1v) is 8.44. The van der Waals surface area contributed by atoms with Crippen molar-refractivity contribution in [2.45, 2.75) is 51.0 Å². The molecule has 20 heavy (non-hydrogen) atoms. The van der Waals surface area contributed by atoms with Gasteiger partial charge in [0.2, 0.25) is 5.91 Å². The van der Waals surface area contributed by atoms with Gasteiger partial charge in [-0.3, -0.25) is 9.69 Å². The highest BCUT2D eigenvalue weighted by Crippen LogP contribution is 2.29. The van der Waals surface area contributed by atoms with Crippen molar-refractivity contribution >= 4 is 5.91 Å². The van der Waals surface area contributed by atoms with E-state index >= 15 is 0 Å². The number of amides is 1. The van der Waals surface area contributed by atoms with E-state index < -0.39 is 0 Å². The Balaban J connectivity index is 1.44. The van der Waals surface area contributed by atoms with Crippen LogP contribution >= 0.6 is 0 Å². The summed E-state index contributed by atoms with van der Waals surface area (Å²) in [5, 5.41) is 0. The van der Waals surface area contributed by atoms with Gasteiger partial charge in [-0.05, 0) is 25.2 Å². The van der Waals surface area contributed by atoms with Crippen LogP contribution in [0.5, 0.6) is 0 Å². The first kappa shape index (κ1) is 14.3. The van der Waals surface area contributed by atoms with Gasteiger partial charge in [-0.2, -0.15) is 0 Å². The Labute approximate surface area is 122 Å². The third-order valence-electron chi connectivity index (χ3n) is 5.21. The van der Waals surface area contributed by atoms with Crippen molar-refractivity contribution in [2.75, 3.05) is 39.3 Å². The summed E-state index contributed by atoms with van der Waals surface area (Å²) in [6.45, 7) is 5.89. The summed E-state index contributed by atoms with van der Waals surface area (Å²) in [6, 6.07) is 0. The summed E-state index contributed by atoms with van der Waals surface area (Å²) in [4.78, 5) is 16.2. The van der Waals surface area contributed by atoms with E-state index in [-0.39, 0.29) is 0 Å². The molecule has 0 N–H and O–H groups in total. The third kappa shape index (κ3) is 3.53. The Morgan fingerprint density at radius 3 is 2.65 bits per heavy atom. The lowest BCUT2D eigenvalue weighted by Gasteiger charge is -2.38. The molecule has 0 unspecified atom stereocenters. The van der Waals surface area contributed by atoms with Crippen LogP contribution in [0.1, 0.15) is 44.9 Å². The van der Waals surface area contributed by atoms with Crippen molar-refractivity contribution in [1.29, 1.82) is 0 Å². The number of hydrogen-bond acceptors (Lipinski definition) is 3. The molecule has 1 saturated carbocycles. The van der Waals surface area contributed by atoms with Crippen LogP contribution in [-0.4, -0.2) is 61.1 Å². The van der Waals surface area contributed by atoms with Crippen molar-refractivity contribution < 1.29 is 9.53 Å². The zero-order valence-electron chi connectivity index (χ0n) is 12.6. The molecule has 0 aromatic carbocycles. The Morgan fingerprint density at radius 1 is 1.05 bits per heavy atom. The molecule has 0 spiro atoms. The highest BCUT2D eigenvalue weighted by Gasteiger charge is 2.29. The molecule has 1 amide bonds. The molecule has 3 aliphatic rings. The smallest absolute Gasteiger partial charge is 0.222 e. The van der Waals surface area contributed by atoms with Crippen LogP contribution in [0.15, 0.2) is 0 Å². The number of ether oxygens (including phenoxy) is 1. The summed E-state index contributed by atoms with van der Waals surface area (Å²) in [7, 11) is 0.